The second kappa shape index (κ2) is 11.0. The molecule has 1 fully saturated rings. The number of carbonyl (C=O) groups is 3. The van der Waals surface area contributed by atoms with Gasteiger partial charge in [0.05, 0.1) is 6.42 Å². The lowest BCUT2D eigenvalue weighted by molar-refractivity contribution is -0.131. The third kappa shape index (κ3) is 6.43. The average molecular weight is 425 g/mol. The van der Waals surface area contributed by atoms with Crippen molar-refractivity contribution in [3.05, 3.63) is 54.2 Å². The maximum atomic E-state index is 12.5. The fourth-order valence-electron chi connectivity index (χ4n) is 3.39. The Morgan fingerprint density at radius 2 is 1.74 bits per heavy atom. The van der Waals surface area contributed by atoms with Crippen molar-refractivity contribution < 1.29 is 14.4 Å². The standard InChI is InChI=1S/C22H28N6O3/c1-23-20(29)16-17-6-2-3-7-18(17)26-22(31)25-11-9-21(30)28-14-12-27(13-15-28)19-8-4-5-10-24-19/h2-8,10H,9,11-16H2,1H3,(H,23,29)(H2,25,26,31). The number of hydrogen-bond donors (Lipinski definition) is 3. The van der Waals surface area contributed by atoms with Crippen molar-refractivity contribution in [3.8, 4) is 0 Å². The highest BCUT2D eigenvalue weighted by molar-refractivity contribution is 5.91. The molecule has 2 heterocycles. The fourth-order valence-corrected chi connectivity index (χ4v) is 3.39. The average Bonchev–Trinajstić information content (AvgIpc) is 2.81. The van der Waals surface area contributed by atoms with Crippen LogP contribution in [0.1, 0.15) is 12.0 Å². The number of likely N-dealkylation sites (N-methyl/N-ethyl adjacent to an activating group) is 1. The highest BCUT2D eigenvalue weighted by Crippen LogP contribution is 2.16. The first kappa shape index (κ1) is 22.1. The molecule has 3 rings (SSSR count). The Bertz CT molecular complexity index is 897. The second-order valence-electron chi connectivity index (χ2n) is 7.19. The van der Waals surface area contributed by atoms with Gasteiger partial charge in [0.15, 0.2) is 0 Å². The van der Waals surface area contributed by atoms with Gasteiger partial charge in [0, 0.05) is 58.1 Å². The molecule has 0 aliphatic carbocycles. The van der Waals surface area contributed by atoms with Gasteiger partial charge >= 0.3 is 6.03 Å². The number of aromatic nitrogens is 1. The van der Waals surface area contributed by atoms with Crippen molar-refractivity contribution in [2.75, 3.05) is 50.0 Å². The van der Waals surface area contributed by atoms with E-state index in [1.165, 1.54) is 0 Å². The van der Waals surface area contributed by atoms with Gasteiger partial charge in [-0.3, -0.25) is 9.59 Å². The van der Waals surface area contributed by atoms with Gasteiger partial charge < -0.3 is 25.8 Å². The normalized spacial score (nSPS) is 13.5. The van der Waals surface area contributed by atoms with Crippen LogP contribution in [0.5, 0.6) is 0 Å². The van der Waals surface area contributed by atoms with E-state index in [-0.39, 0.29) is 31.2 Å². The maximum absolute atomic E-state index is 12.5. The van der Waals surface area contributed by atoms with E-state index in [1.807, 2.05) is 29.2 Å². The van der Waals surface area contributed by atoms with Crippen LogP contribution in [0.25, 0.3) is 0 Å². The molecule has 9 nitrogen and oxygen atoms in total. The summed E-state index contributed by atoms with van der Waals surface area (Å²) in [4.78, 5) is 44.6. The summed E-state index contributed by atoms with van der Waals surface area (Å²) in [5, 5.41) is 8.03. The molecule has 1 saturated heterocycles. The number of hydrogen-bond acceptors (Lipinski definition) is 5. The monoisotopic (exact) mass is 424 g/mol. The lowest BCUT2D eigenvalue weighted by atomic mass is 10.1. The predicted octanol–water partition coefficient (Wildman–Crippen LogP) is 1.23. The minimum Gasteiger partial charge on any atom is -0.359 e. The van der Waals surface area contributed by atoms with Crippen molar-refractivity contribution >= 4 is 29.4 Å². The summed E-state index contributed by atoms with van der Waals surface area (Å²) in [6.07, 6.45) is 2.17. The molecule has 31 heavy (non-hydrogen) atoms. The van der Waals surface area contributed by atoms with Crippen LogP contribution in [-0.2, 0) is 16.0 Å². The van der Waals surface area contributed by atoms with Gasteiger partial charge in [0.1, 0.15) is 5.82 Å². The number of urea groups is 1. The number of pyridine rings is 1. The first-order valence-corrected chi connectivity index (χ1v) is 10.3. The quantitative estimate of drug-likeness (QED) is 0.620. The third-order valence-corrected chi connectivity index (χ3v) is 5.13. The molecule has 0 saturated carbocycles. The summed E-state index contributed by atoms with van der Waals surface area (Å²) in [5.41, 5.74) is 1.29. The highest BCUT2D eigenvalue weighted by Gasteiger charge is 2.21. The van der Waals surface area contributed by atoms with E-state index in [2.05, 4.69) is 25.8 Å². The molecular weight excluding hydrogens is 396 g/mol. The molecule has 0 radical (unpaired) electrons. The number of anilines is 2. The Morgan fingerprint density at radius 3 is 2.45 bits per heavy atom. The number of rotatable bonds is 7. The summed E-state index contributed by atoms with van der Waals surface area (Å²) in [6, 6.07) is 12.5. The lowest BCUT2D eigenvalue weighted by Gasteiger charge is -2.35. The molecule has 1 aromatic heterocycles. The van der Waals surface area contributed by atoms with Crippen LogP contribution in [0.3, 0.4) is 0 Å². The minimum absolute atomic E-state index is 0.0148. The van der Waals surface area contributed by atoms with Crippen LogP contribution in [0.15, 0.2) is 48.7 Å². The number of nitrogens with zero attached hydrogens (tertiary/aromatic N) is 3. The highest BCUT2D eigenvalue weighted by atomic mass is 16.2. The summed E-state index contributed by atoms with van der Waals surface area (Å²) in [6.45, 7) is 2.98. The van der Waals surface area contributed by atoms with E-state index < -0.39 is 6.03 Å². The van der Waals surface area contributed by atoms with Crippen LogP contribution in [-0.4, -0.2) is 67.5 Å². The summed E-state index contributed by atoms with van der Waals surface area (Å²) in [7, 11) is 1.57. The van der Waals surface area contributed by atoms with E-state index in [0.717, 1.165) is 24.5 Å². The minimum atomic E-state index is -0.405. The molecule has 0 unspecified atom stereocenters. The van der Waals surface area contributed by atoms with Crippen LogP contribution in [0, 0.1) is 0 Å². The summed E-state index contributed by atoms with van der Waals surface area (Å²) >= 11 is 0. The number of para-hydroxylation sites is 1. The Morgan fingerprint density at radius 1 is 1.00 bits per heavy atom. The van der Waals surface area contributed by atoms with E-state index in [1.54, 1.807) is 31.4 Å². The SMILES string of the molecule is CNC(=O)Cc1ccccc1NC(=O)NCCC(=O)N1CCN(c2ccccn2)CC1. The zero-order valence-electron chi connectivity index (χ0n) is 17.6. The van der Waals surface area contributed by atoms with Crippen molar-refractivity contribution in [2.24, 2.45) is 0 Å². The molecule has 0 atom stereocenters. The van der Waals surface area contributed by atoms with Crippen LogP contribution >= 0.6 is 0 Å². The van der Waals surface area contributed by atoms with Gasteiger partial charge in [-0.25, -0.2) is 9.78 Å². The first-order valence-electron chi connectivity index (χ1n) is 10.3. The largest absolute Gasteiger partial charge is 0.359 e. The van der Waals surface area contributed by atoms with Gasteiger partial charge in [-0.05, 0) is 23.8 Å². The fraction of sp³-hybridized carbons (Fsp3) is 0.364. The summed E-state index contributed by atoms with van der Waals surface area (Å²) < 4.78 is 0. The molecule has 3 N–H and O–H groups in total. The van der Waals surface area contributed by atoms with Gasteiger partial charge in [-0.15, -0.1) is 0 Å². The van der Waals surface area contributed by atoms with Gasteiger partial charge in [-0.1, -0.05) is 24.3 Å². The van der Waals surface area contributed by atoms with Gasteiger partial charge in [0.2, 0.25) is 11.8 Å². The Kier molecular flexibility index (Phi) is 7.80. The molecule has 9 heteroatoms. The number of amides is 4. The molecule has 2 aromatic rings. The Labute approximate surface area is 181 Å². The molecule has 1 aliphatic rings. The number of carbonyl (C=O) groups excluding carboxylic acids is 3. The van der Waals surface area contributed by atoms with Crippen molar-refractivity contribution in [1.82, 2.24) is 20.5 Å². The van der Waals surface area contributed by atoms with Crippen LogP contribution in [0.4, 0.5) is 16.3 Å². The van der Waals surface area contributed by atoms with E-state index in [4.69, 9.17) is 0 Å². The third-order valence-electron chi connectivity index (χ3n) is 5.13. The second-order valence-corrected chi connectivity index (χ2v) is 7.19. The van der Waals surface area contributed by atoms with Crippen molar-refractivity contribution in [3.63, 3.8) is 0 Å². The van der Waals surface area contributed by atoms with Crippen LogP contribution in [0.2, 0.25) is 0 Å². The van der Waals surface area contributed by atoms with E-state index >= 15 is 0 Å². The van der Waals surface area contributed by atoms with Crippen LogP contribution < -0.4 is 20.9 Å². The molecular formula is C22H28N6O3. The summed E-state index contributed by atoms with van der Waals surface area (Å²) in [5.74, 6) is 0.800. The number of piperazine rings is 1. The van der Waals surface area contributed by atoms with E-state index in [9.17, 15) is 14.4 Å². The maximum Gasteiger partial charge on any atom is 0.319 e. The lowest BCUT2D eigenvalue weighted by Crippen LogP contribution is -2.49. The molecule has 164 valence electrons. The molecule has 1 aliphatic heterocycles. The van der Waals surface area contributed by atoms with E-state index in [0.29, 0.717) is 18.8 Å². The molecule has 4 amide bonds. The van der Waals surface area contributed by atoms with Crippen molar-refractivity contribution in [2.45, 2.75) is 12.8 Å². The van der Waals surface area contributed by atoms with Gasteiger partial charge in [0.25, 0.3) is 0 Å². The first-order chi connectivity index (χ1) is 15.1. The van der Waals surface area contributed by atoms with Crippen molar-refractivity contribution in [1.29, 1.82) is 0 Å². The molecule has 0 spiro atoms. The topological polar surface area (TPSA) is 107 Å². The number of nitrogens with one attached hydrogen (secondary N) is 3. The zero-order valence-corrected chi connectivity index (χ0v) is 17.6. The Hall–Kier alpha value is -3.62. The van der Waals surface area contributed by atoms with Gasteiger partial charge in [-0.2, -0.15) is 0 Å². The molecule has 1 aromatic carbocycles. The smallest absolute Gasteiger partial charge is 0.319 e. The predicted molar refractivity (Wildman–Crippen MR) is 119 cm³/mol. The molecule has 0 bridgehead atoms. The Balaban J connectivity index is 1.40. The zero-order chi connectivity index (χ0) is 22.1. The number of benzene rings is 1.